The number of anilines is 2. The number of rotatable bonds is 1. The van der Waals surface area contributed by atoms with Crippen molar-refractivity contribution >= 4 is 17.3 Å². The van der Waals surface area contributed by atoms with Crippen LogP contribution in [0.3, 0.4) is 0 Å². The van der Waals surface area contributed by atoms with Crippen molar-refractivity contribution in [1.82, 2.24) is 0 Å². The Hall–Kier alpha value is -2.94. The van der Waals surface area contributed by atoms with Gasteiger partial charge in [0.1, 0.15) is 0 Å². The minimum Gasteiger partial charge on any atom is -0.398 e. The van der Waals surface area contributed by atoms with Gasteiger partial charge in [-0.05, 0) is 29.3 Å². The van der Waals surface area contributed by atoms with Crippen molar-refractivity contribution in [2.75, 3.05) is 11.1 Å². The lowest BCUT2D eigenvalue weighted by Gasteiger charge is -2.13. The average Bonchev–Trinajstić information content (AvgIpc) is 2.82. The first-order valence-electron chi connectivity index (χ1n) is 6.70. The fourth-order valence-electron chi connectivity index (χ4n) is 2.73. The zero-order valence-corrected chi connectivity index (χ0v) is 11.7. The number of amides is 1. The maximum Gasteiger partial charge on any atom is 0.418 e. The summed E-state index contributed by atoms with van der Waals surface area (Å²) >= 11 is 0. The first-order valence-corrected chi connectivity index (χ1v) is 6.70. The van der Waals surface area contributed by atoms with Crippen LogP contribution < -0.4 is 11.1 Å². The molecule has 1 amide bonds. The lowest BCUT2D eigenvalue weighted by Crippen LogP contribution is -2.14. The predicted molar refractivity (Wildman–Crippen MR) is 80.7 cm³/mol. The Morgan fingerprint density at radius 3 is 2.61 bits per heavy atom. The number of halogens is 3. The largest absolute Gasteiger partial charge is 0.418 e. The molecule has 0 saturated heterocycles. The SMILES string of the molecule is C#Cc1cc(C2C(=O)Nc3c2cccc3C(F)(F)F)ccc1N. The minimum atomic E-state index is -4.54. The number of benzene rings is 2. The van der Waals surface area contributed by atoms with Gasteiger partial charge in [0, 0.05) is 11.3 Å². The summed E-state index contributed by atoms with van der Waals surface area (Å²) < 4.78 is 39.2. The van der Waals surface area contributed by atoms with Gasteiger partial charge in [0.2, 0.25) is 5.91 Å². The molecule has 0 saturated carbocycles. The monoisotopic (exact) mass is 316 g/mol. The number of hydrogen-bond acceptors (Lipinski definition) is 2. The molecule has 1 aliphatic heterocycles. The van der Waals surface area contributed by atoms with E-state index in [2.05, 4.69) is 11.2 Å². The number of terminal acetylenes is 1. The van der Waals surface area contributed by atoms with Gasteiger partial charge in [0.15, 0.2) is 0 Å². The number of para-hydroxylation sites is 1. The van der Waals surface area contributed by atoms with Crippen LogP contribution in [-0.4, -0.2) is 5.91 Å². The highest BCUT2D eigenvalue weighted by Gasteiger charge is 2.41. The van der Waals surface area contributed by atoms with E-state index in [9.17, 15) is 18.0 Å². The lowest BCUT2D eigenvalue weighted by atomic mass is 9.90. The molecule has 116 valence electrons. The van der Waals surface area contributed by atoms with Gasteiger partial charge in [-0.25, -0.2) is 0 Å². The summed E-state index contributed by atoms with van der Waals surface area (Å²) in [5.74, 6) is 1.03. The topological polar surface area (TPSA) is 55.1 Å². The zero-order valence-electron chi connectivity index (χ0n) is 11.7. The molecule has 1 aliphatic rings. The highest BCUT2D eigenvalue weighted by Crippen LogP contribution is 2.44. The Kier molecular flexibility index (Phi) is 3.29. The highest BCUT2D eigenvalue weighted by molar-refractivity contribution is 6.06. The molecule has 0 spiro atoms. The summed E-state index contributed by atoms with van der Waals surface area (Å²) in [4.78, 5) is 12.2. The van der Waals surface area contributed by atoms with Crippen molar-refractivity contribution in [3.63, 3.8) is 0 Å². The summed E-state index contributed by atoms with van der Waals surface area (Å²) in [6.45, 7) is 0. The van der Waals surface area contributed by atoms with E-state index in [-0.39, 0.29) is 11.3 Å². The Morgan fingerprint density at radius 1 is 1.22 bits per heavy atom. The van der Waals surface area contributed by atoms with Crippen LogP contribution >= 0.6 is 0 Å². The molecule has 1 atom stereocenters. The molecule has 0 bridgehead atoms. The Balaban J connectivity index is 2.16. The van der Waals surface area contributed by atoms with Crippen molar-refractivity contribution in [1.29, 1.82) is 0 Å². The van der Waals surface area contributed by atoms with Crippen molar-refractivity contribution in [3.05, 3.63) is 58.7 Å². The van der Waals surface area contributed by atoms with Gasteiger partial charge in [-0.1, -0.05) is 24.1 Å². The van der Waals surface area contributed by atoms with Crippen LogP contribution in [-0.2, 0) is 11.0 Å². The molecule has 3 nitrogen and oxygen atoms in total. The maximum atomic E-state index is 13.1. The molecule has 3 rings (SSSR count). The van der Waals surface area contributed by atoms with E-state index >= 15 is 0 Å². The molecule has 0 radical (unpaired) electrons. The number of nitrogens with one attached hydrogen (secondary N) is 1. The van der Waals surface area contributed by atoms with Crippen LogP contribution in [0, 0.1) is 12.3 Å². The third kappa shape index (κ3) is 2.40. The average molecular weight is 316 g/mol. The standard InChI is InChI=1S/C17H11F3N2O/c1-2-9-8-10(6-7-13(9)21)14-11-4-3-5-12(17(18,19)20)15(11)22-16(14)23/h1,3-8,14H,21H2,(H,22,23). The van der Waals surface area contributed by atoms with Gasteiger partial charge >= 0.3 is 6.18 Å². The molecule has 2 aromatic rings. The van der Waals surface area contributed by atoms with Gasteiger partial charge < -0.3 is 11.1 Å². The van der Waals surface area contributed by atoms with Crippen LogP contribution in [0.1, 0.15) is 28.2 Å². The number of alkyl halides is 3. The smallest absolute Gasteiger partial charge is 0.398 e. The molecule has 1 heterocycles. The van der Waals surface area contributed by atoms with Crippen molar-refractivity contribution in [3.8, 4) is 12.3 Å². The van der Waals surface area contributed by atoms with Gasteiger partial charge in [0.05, 0.1) is 17.2 Å². The number of nitrogens with two attached hydrogens (primary N) is 1. The molecule has 0 aromatic heterocycles. The molecule has 1 unspecified atom stereocenters. The summed E-state index contributed by atoms with van der Waals surface area (Å²) in [5, 5.41) is 2.33. The predicted octanol–water partition coefficient (Wildman–Crippen LogP) is 3.35. The number of carbonyl (C=O) groups excluding carboxylic acids is 1. The van der Waals surface area contributed by atoms with Crippen LogP contribution in [0.5, 0.6) is 0 Å². The van der Waals surface area contributed by atoms with Crippen LogP contribution in [0.25, 0.3) is 0 Å². The minimum absolute atomic E-state index is 0.200. The number of hydrogen-bond donors (Lipinski definition) is 2. The van der Waals surface area contributed by atoms with E-state index in [0.717, 1.165) is 6.07 Å². The summed E-state index contributed by atoms with van der Waals surface area (Å²) in [6.07, 6.45) is 0.806. The van der Waals surface area contributed by atoms with Crippen LogP contribution in [0.2, 0.25) is 0 Å². The van der Waals surface area contributed by atoms with Crippen molar-refractivity contribution in [2.24, 2.45) is 0 Å². The molecule has 6 heteroatoms. The zero-order chi connectivity index (χ0) is 16.8. The third-order valence-corrected chi connectivity index (χ3v) is 3.79. The first kappa shape index (κ1) is 15.0. The number of carbonyl (C=O) groups is 1. The van der Waals surface area contributed by atoms with Gasteiger partial charge in [-0.3, -0.25) is 4.79 Å². The molecule has 23 heavy (non-hydrogen) atoms. The Morgan fingerprint density at radius 2 is 1.96 bits per heavy atom. The maximum absolute atomic E-state index is 13.1. The summed E-state index contributed by atoms with van der Waals surface area (Å²) in [7, 11) is 0. The molecule has 2 aromatic carbocycles. The second kappa shape index (κ2) is 5.06. The van der Waals surface area contributed by atoms with E-state index in [1.54, 1.807) is 18.2 Å². The molecule has 0 aliphatic carbocycles. The third-order valence-electron chi connectivity index (χ3n) is 3.79. The normalized spacial score (nSPS) is 16.6. The van der Waals surface area contributed by atoms with E-state index in [4.69, 9.17) is 12.2 Å². The van der Waals surface area contributed by atoms with Gasteiger partial charge in [-0.2, -0.15) is 13.2 Å². The molecule has 3 N–H and O–H groups in total. The van der Waals surface area contributed by atoms with E-state index in [1.807, 2.05) is 0 Å². The molecular formula is C17H11F3N2O. The lowest BCUT2D eigenvalue weighted by molar-refractivity contribution is -0.136. The van der Waals surface area contributed by atoms with E-state index in [1.165, 1.54) is 12.1 Å². The Bertz CT molecular complexity index is 850. The van der Waals surface area contributed by atoms with Crippen LogP contribution in [0.4, 0.5) is 24.5 Å². The first-order chi connectivity index (χ1) is 10.8. The summed E-state index contributed by atoms with van der Waals surface area (Å²) in [6, 6.07) is 8.42. The van der Waals surface area contributed by atoms with Gasteiger partial charge in [-0.15, -0.1) is 6.42 Å². The van der Waals surface area contributed by atoms with Gasteiger partial charge in [0.25, 0.3) is 0 Å². The van der Waals surface area contributed by atoms with Crippen molar-refractivity contribution < 1.29 is 18.0 Å². The number of nitrogen functional groups attached to an aromatic ring is 1. The molecular weight excluding hydrogens is 305 g/mol. The fraction of sp³-hybridized carbons (Fsp3) is 0.118. The number of fused-ring (bicyclic) bond motifs is 1. The van der Waals surface area contributed by atoms with Crippen molar-refractivity contribution in [2.45, 2.75) is 12.1 Å². The van der Waals surface area contributed by atoms with E-state index < -0.39 is 23.6 Å². The van der Waals surface area contributed by atoms with E-state index in [0.29, 0.717) is 16.8 Å². The fourth-order valence-corrected chi connectivity index (χ4v) is 2.73. The Labute approximate surface area is 130 Å². The van der Waals surface area contributed by atoms with Crippen LogP contribution in [0.15, 0.2) is 36.4 Å². The summed E-state index contributed by atoms with van der Waals surface area (Å²) in [5.41, 5.74) is 6.21. The molecule has 0 fully saturated rings. The highest BCUT2D eigenvalue weighted by atomic mass is 19.4. The second-order valence-electron chi connectivity index (χ2n) is 5.18. The second-order valence-corrected chi connectivity index (χ2v) is 5.18. The quantitative estimate of drug-likeness (QED) is 0.626.